The fourth-order valence-corrected chi connectivity index (χ4v) is 2.84. The van der Waals surface area contributed by atoms with Gasteiger partial charge < -0.3 is 9.47 Å². The molecule has 0 N–H and O–H groups in total. The second-order valence-corrected chi connectivity index (χ2v) is 7.78. The highest BCUT2D eigenvalue weighted by molar-refractivity contribution is 5.30. The van der Waals surface area contributed by atoms with Gasteiger partial charge in [0, 0.05) is 13.5 Å². The molecule has 0 spiro atoms. The smallest absolute Gasteiger partial charge is 0.460 e. The van der Waals surface area contributed by atoms with Crippen LogP contribution in [0.4, 0.5) is 65.9 Å². The van der Waals surface area contributed by atoms with Crippen molar-refractivity contribution in [2.45, 2.75) is 74.0 Å². The van der Waals surface area contributed by atoms with Crippen molar-refractivity contribution in [2.24, 2.45) is 0 Å². The third kappa shape index (κ3) is 5.70. The summed E-state index contributed by atoms with van der Waals surface area (Å²) in [6.45, 7) is 1.88. The maximum Gasteiger partial charge on any atom is 0.460 e. The molecule has 1 rings (SSSR count). The fourth-order valence-electron chi connectivity index (χ4n) is 2.84. The van der Waals surface area contributed by atoms with E-state index in [1.165, 1.54) is 6.07 Å². The molecule has 0 amide bonds. The first-order valence-corrected chi connectivity index (χ1v) is 10.1. The Hall–Kier alpha value is -2.07. The molecule has 37 heavy (non-hydrogen) atoms. The minimum atomic E-state index is -8.32. The molecule has 0 heterocycles. The topological polar surface area (TPSA) is 18.5 Å². The normalized spacial score (nSPS) is 15.6. The van der Waals surface area contributed by atoms with Gasteiger partial charge in [-0.1, -0.05) is 25.5 Å². The van der Waals surface area contributed by atoms with Gasteiger partial charge in [0.2, 0.25) is 0 Å². The molecule has 0 radical (unpaired) electrons. The Morgan fingerprint density at radius 1 is 0.703 bits per heavy atom. The summed E-state index contributed by atoms with van der Waals surface area (Å²) in [6.07, 6.45) is -11.4. The third-order valence-corrected chi connectivity index (χ3v) is 5.12. The number of methoxy groups -OCH3 is 1. The molecule has 0 aliphatic rings. The van der Waals surface area contributed by atoms with Crippen molar-refractivity contribution in [1.29, 1.82) is 0 Å². The zero-order chi connectivity index (χ0) is 29.3. The number of rotatable bonds is 13. The largest absolute Gasteiger partial charge is 0.494 e. The van der Waals surface area contributed by atoms with Gasteiger partial charge in [-0.15, -0.1) is 0 Å². The summed E-state index contributed by atoms with van der Waals surface area (Å²) < 4.78 is 210. The number of unbranched alkanes of at least 4 members (excludes halogenated alkanes) is 1. The van der Waals surface area contributed by atoms with E-state index in [1.807, 2.05) is 0 Å². The SMILES string of the molecule is CCCCOc1cccc(C(CC(F)(F)C(F)(F)C(F)(F)C(F)(F)C(F)(F)C(F)(F)C(F)(F)F)OC)c1. The summed E-state index contributed by atoms with van der Waals surface area (Å²) in [6, 6.07) is 4.22. The zero-order valence-corrected chi connectivity index (χ0v) is 18.7. The lowest BCUT2D eigenvalue weighted by Gasteiger charge is -2.42. The van der Waals surface area contributed by atoms with Crippen LogP contribution in [0.15, 0.2) is 24.3 Å². The maximum absolute atomic E-state index is 14.3. The van der Waals surface area contributed by atoms with Crippen LogP contribution in [-0.4, -0.2) is 55.4 Å². The molecule has 0 saturated heterocycles. The first kappa shape index (κ1) is 33.0. The monoisotopic (exact) mass is 576 g/mol. The summed E-state index contributed by atoms with van der Waals surface area (Å²) in [4.78, 5) is 0. The van der Waals surface area contributed by atoms with Crippen molar-refractivity contribution in [3.8, 4) is 5.75 Å². The second kappa shape index (κ2) is 10.6. The Labute approximate surface area is 199 Å². The van der Waals surface area contributed by atoms with Crippen LogP contribution in [0.1, 0.15) is 37.9 Å². The van der Waals surface area contributed by atoms with Crippen LogP contribution in [0.3, 0.4) is 0 Å². The number of ether oxygens (including phenoxy) is 2. The summed E-state index contributed by atoms with van der Waals surface area (Å²) in [5, 5.41) is 0. The van der Waals surface area contributed by atoms with Gasteiger partial charge in [0.15, 0.2) is 0 Å². The van der Waals surface area contributed by atoms with Crippen LogP contribution in [0.5, 0.6) is 5.75 Å². The van der Waals surface area contributed by atoms with Gasteiger partial charge in [0.25, 0.3) is 0 Å². The minimum absolute atomic E-state index is 0.0473. The number of hydrogen-bond acceptors (Lipinski definition) is 2. The Balaban J connectivity index is 3.41. The number of hydrogen-bond donors (Lipinski definition) is 0. The van der Waals surface area contributed by atoms with E-state index in [-0.39, 0.29) is 12.4 Å². The van der Waals surface area contributed by atoms with Crippen molar-refractivity contribution >= 4 is 0 Å². The lowest BCUT2D eigenvalue weighted by molar-refractivity contribution is -0.453. The highest BCUT2D eigenvalue weighted by atomic mass is 19.4. The zero-order valence-electron chi connectivity index (χ0n) is 18.7. The van der Waals surface area contributed by atoms with Gasteiger partial charge >= 0.3 is 41.7 Å². The molecule has 1 aromatic rings. The van der Waals surface area contributed by atoms with Crippen LogP contribution < -0.4 is 4.74 Å². The average Bonchev–Trinajstić information content (AvgIpc) is 2.76. The van der Waals surface area contributed by atoms with Crippen molar-refractivity contribution < 1.29 is 75.3 Å². The van der Waals surface area contributed by atoms with Crippen molar-refractivity contribution in [1.82, 2.24) is 0 Å². The van der Waals surface area contributed by atoms with E-state index in [2.05, 4.69) is 4.74 Å². The van der Waals surface area contributed by atoms with Crippen LogP contribution in [0.2, 0.25) is 0 Å². The van der Waals surface area contributed by atoms with Crippen molar-refractivity contribution in [3.63, 3.8) is 0 Å². The van der Waals surface area contributed by atoms with Crippen LogP contribution in [0.25, 0.3) is 0 Å². The van der Waals surface area contributed by atoms with Crippen LogP contribution in [-0.2, 0) is 4.74 Å². The van der Waals surface area contributed by atoms with Gasteiger partial charge in [-0.25, -0.2) is 0 Å². The van der Waals surface area contributed by atoms with Crippen molar-refractivity contribution in [2.75, 3.05) is 13.7 Å². The van der Waals surface area contributed by atoms with E-state index in [0.717, 1.165) is 18.2 Å². The molecule has 0 fully saturated rings. The average molecular weight is 576 g/mol. The predicted molar refractivity (Wildman–Crippen MR) is 96.9 cm³/mol. The van der Waals surface area contributed by atoms with Crippen LogP contribution in [0, 0.1) is 0 Å². The summed E-state index contributed by atoms with van der Waals surface area (Å²) >= 11 is 0. The summed E-state index contributed by atoms with van der Waals surface area (Å²) in [5.74, 6) is -46.8. The first-order chi connectivity index (χ1) is 16.5. The Bertz CT molecular complexity index is 896. The number of alkyl halides is 15. The molecule has 1 aromatic carbocycles. The molecular weight excluding hydrogens is 557 g/mol. The van der Waals surface area contributed by atoms with Gasteiger partial charge in [0.05, 0.1) is 12.7 Å². The van der Waals surface area contributed by atoms with Crippen LogP contribution >= 0.6 is 0 Å². The Morgan fingerprint density at radius 3 is 1.65 bits per heavy atom. The molecule has 0 bridgehead atoms. The highest BCUT2D eigenvalue weighted by Gasteiger charge is 2.93. The molecule has 0 aliphatic heterocycles. The molecule has 216 valence electrons. The van der Waals surface area contributed by atoms with E-state index in [1.54, 1.807) is 6.92 Å². The van der Waals surface area contributed by atoms with Gasteiger partial charge in [0.1, 0.15) is 5.75 Å². The Morgan fingerprint density at radius 2 is 1.19 bits per heavy atom. The van der Waals surface area contributed by atoms with Gasteiger partial charge in [-0.2, -0.15) is 65.9 Å². The predicted octanol–water partition coefficient (Wildman–Crippen LogP) is 8.32. The Kier molecular flexibility index (Phi) is 9.44. The number of benzene rings is 1. The quantitative estimate of drug-likeness (QED) is 0.174. The van der Waals surface area contributed by atoms with E-state index in [9.17, 15) is 65.9 Å². The highest BCUT2D eigenvalue weighted by Crippen LogP contribution is 2.63. The lowest BCUT2D eigenvalue weighted by atomic mass is 9.88. The standard InChI is InChI=1S/C20H19F15O2/c1-3-4-8-37-12-7-5-6-11(9-12)13(36-2)10-14(21,22)15(23,24)16(25,26)17(27,28)18(29,30)19(31,32)20(33,34)35/h5-7,9,13H,3-4,8,10H2,1-2H3. The van der Waals surface area contributed by atoms with E-state index in [4.69, 9.17) is 4.74 Å². The molecule has 1 unspecified atom stereocenters. The van der Waals surface area contributed by atoms with Gasteiger partial charge in [-0.05, 0) is 24.1 Å². The molecular formula is C20H19F15O2. The summed E-state index contributed by atoms with van der Waals surface area (Å²) in [7, 11) is 0.592. The molecule has 0 saturated carbocycles. The minimum Gasteiger partial charge on any atom is -0.494 e. The first-order valence-electron chi connectivity index (χ1n) is 10.1. The van der Waals surface area contributed by atoms with E-state index in [0.29, 0.717) is 20.0 Å². The van der Waals surface area contributed by atoms with Crippen molar-refractivity contribution in [3.05, 3.63) is 29.8 Å². The molecule has 1 atom stereocenters. The van der Waals surface area contributed by atoms with E-state index < -0.39 is 59.8 Å². The molecule has 17 heteroatoms. The fraction of sp³-hybridized carbons (Fsp3) is 0.700. The van der Waals surface area contributed by atoms with Gasteiger partial charge in [-0.3, -0.25) is 0 Å². The maximum atomic E-state index is 14.3. The molecule has 2 nitrogen and oxygen atoms in total. The summed E-state index contributed by atoms with van der Waals surface area (Å²) in [5.41, 5.74) is -0.462. The second-order valence-electron chi connectivity index (χ2n) is 7.78. The number of halogens is 15. The molecule has 0 aliphatic carbocycles. The van der Waals surface area contributed by atoms with E-state index >= 15 is 0 Å². The lowest BCUT2D eigenvalue weighted by Crippen LogP contribution is -2.72. The third-order valence-electron chi connectivity index (χ3n) is 5.12. The molecule has 0 aromatic heterocycles.